The molecule has 8 aromatic heterocycles. The number of nitrogens with zero attached hydrogens (tertiary/aromatic N) is 9. The number of hydrogen-bond acceptors (Lipinski definition) is 7. The highest BCUT2D eigenvalue weighted by Crippen LogP contribution is 2.38. The Bertz CT molecular complexity index is 3480. The van der Waals surface area contributed by atoms with Crippen molar-refractivity contribution in [1.82, 2.24) is 43.7 Å². The Kier molecular flexibility index (Phi) is 5.86. The molecule has 0 unspecified atom stereocenters. The molecule has 4 aromatic carbocycles. The van der Waals surface area contributed by atoms with E-state index in [9.17, 15) is 0 Å². The van der Waals surface area contributed by atoms with Crippen LogP contribution in [-0.4, -0.2) is 43.7 Å². The van der Waals surface area contributed by atoms with Crippen molar-refractivity contribution in [3.05, 3.63) is 169 Å². The summed E-state index contributed by atoms with van der Waals surface area (Å²) in [5.74, 6) is 0. The average molecular weight is 692 g/mol. The van der Waals surface area contributed by atoms with E-state index in [2.05, 4.69) is 98.7 Å². The molecule has 9 heteroatoms. The van der Waals surface area contributed by atoms with E-state index in [0.29, 0.717) is 0 Å². The summed E-state index contributed by atoms with van der Waals surface area (Å²) in [4.78, 5) is 34.5. The first kappa shape index (κ1) is 29.0. The van der Waals surface area contributed by atoms with Crippen LogP contribution in [0.3, 0.4) is 0 Å². The summed E-state index contributed by atoms with van der Waals surface area (Å²) in [5.41, 5.74) is 12.5. The molecule has 0 aliphatic heterocycles. The van der Waals surface area contributed by atoms with E-state index in [0.717, 1.165) is 110 Å². The fourth-order valence-electron chi connectivity index (χ4n) is 8.42. The first-order valence-electron chi connectivity index (χ1n) is 17.7. The molecule has 250 valence electrons. The Morgan fingerprint density at radius 2 is 0.981 bits per heavy atom. The maximum absolute atomic E-state index is 5.34. The van der Waals surface area contributed by atoms with E-state index < -0.39 is 0 Å². The molecule has 54 heavy (non-hydrogen) atoms. The van der Waals surface area contributed by atoms with Gasteiger partial charge in [0.2, 0.25) is 0 Å². The van der Waals surface area contributed by atoms with Gasteiger partial charge >= 0.3 is 0 Å². The van der Waals surface area contributed by atoms with Gasteiger partial charge in [0.15, 0.2) is 11.3 Å². The Morgan fingerprint density at radius 3 is 1.65 bits per heavy atom. The zero-order valence-electron chi connectivity index (χ0n) is 28.5. The minimum absolute atomic E-state index is 0.728. The van der Waals surface area contributed by atoms with E-state index in [1.807, 2.05) is 42.9 Å². The highest BCUT2D eigenvalue weighted by Gasteiger charge is 2.25. The molecule has 0 saturated carbocycles. The van der Waals surface area contributed by atoms with E-state index >= 15 is 0 Å². The van der Waals surface area contributed by atoms with Gasteiger partial charge in [-0.1, -0.05) is 72.8 Å². The van der Waals surface area contributed by atoms with E-state index in [-0.39, 0.29) is 0 Å². The molecule has 0 aliphatic rings. The SMILES string of the molecule is c1ccc2c(C(c3ccnc4ccccc34)=c3n4c5nccnc5c5cccc(c6cccc7c8nc(-c9ccncc9)cnc8n3c67)c54)ccnc2c1. The molecule has 0 fully saturated rings. The zero-order valence-corrected chi connectivity index (χ0v) is 28.5. The van der Waals surface area contributed by atoms with Crippen LogP contribution in [0.1, 0.15) is 11.1 Å². The molecule has 12 aromatic rings. The third kappa shape index (κ3) is 3.89. The third-order valence-electron chi connectivity index (χ3n) is 10.6. The van der Waals surface area contributed by atoms with Gasteiger partial charge in [0, 0.05) is 80.6 Å². The second kappa shape index (κ2) is 10.9. The molecule has 0 bridgehead atoms. The zero-order chi connectivity index (χ0) is 35.3. The molecule has 12 rings (SSSR count). The summed E-state index contributed by atoms with van der Waals surface area (Å²) < 4.78 is 4.60. The maximum atomic E-state index is 5.34. The van der Waals surface area contributed by atoms with Crippen molar-refractivity contribution in [2.45, 2.75) is 0 Å². The maximum Gasteiger partial charge on any atom is 0.165 e. The lowest BCUT2D eigenvalue weighted by molar-refractivity contribution is 0.998. The van der Waals surface area contributed by atoms with Gasteiger partial charge in [0.25, 0.3) is 0 Å². The molecular weight excluding hydrogens is 667 g/mol. The van der Waals surface area contributed by atoms with Crippen molar-refractivity contribution in [2.24, 2.45) is 0 Å². The molecule has 0 spiro atoms. The molecule has 8 heterocycles. The number of rotatable bonds is 3. The third-order valence-corrected chi connectivity index (χ3v) is 10.6. The molecular formula is C45H25N9. The summed E-state index contributed by atoms with van der Waals surface area (Å²) in [6.45, 7) is 0. The lowest BCUT2D eigenvalue weighted by atomic mass is 9.93. The van der Waals surface area contributed by atoms with Crippen LogP contribution in [0.4, 0.5) is 0 Å². The molecule has 0 N–H and O–H groups in total. The fourth-order valence-corrected chi connectivity index (χ4v) is 8.42. The van der Waals surface area contributed by atoms with E-state index in [1.165, 1.54) is 0 Å². The Labute approximate surface area is 305 Å². The Balaban J connectivity index is 1.48. The number of para-hydroxylation sites is 4. The number of hydrogen-bond donors (Lipinski definition) is 0. The second-order valence-corrected chi connectivity index (χ2v) is 13.4. The Hall–Kier alpha value is -7.65. The van der Waals surface area contributed by atoms with Crippen LogP contribution in [0.5, 0.6) is 0 Å². The van der Waals surface area contributed by atoms with Gasteiger partial charge in [-0.15, -0.1) is 0 Å². The van der Waals surface area contributed by atoms with Crippen molar-refractivity contribution < 1.29 is 0 Å². The topological polar surface area (TPSA) is 99.0 Å². The van der Waals surface area contributed by atoms with Gasteiger partial charge in [-0.2, -0.15) is 0 Å². The van der Waals surface area contributed by atoms with Crippen molar-refractivity contribution in [3.8, 4) is 11.3 Å². The lowest BCUT2D eigenvalue weighted by Crippen LogP contribution is -2.25. The second-order valence-electron chi connectivity index (χ2n) is 13.4. The van der Waals surface area contributed by atoms with Gasteiger partial charge in [-0.05, 0) is 47.5 Å². The van der Waals surface area contributed by atoms with Crippen molar-refractivity contribution in [1.29, 1.82) is 0 Å². The summed E-state index contributed by atoms with van der Waals surface area (Å²) in [6.07, 6.45) is 12.8. The highest BCUT2D eigenvalue weighted by molar-refractivity contribution is 6.22. The van der Waals surface area contributed by atoms with Crippen LogP contribution in [0.15, 0.2) is 153 Å². The highest BCUT2D eigenvalue weighted by atomic mass is 15.1. The van der Waals surface area contributed by atoms with Gasteiger partial charge in [-0.25, -0.2) is 15.0 Å². The number of pyridine rings is 3. The average Bonchev–Trinajstić information content (AvgIpc) is 3.71. The van der Waals surface area contributed by atoms with Gasteiger partial charge < -0.3 is 0 Å². The first-order valence-corrected chi connectivity index (χ1v) is 17.7. The fraction of sp³-hybridized carbons (Fsp3) is 0. The normalized spacial score (nSPS) is 12.1. The molecule has 0 saturated heterocycles. The largest absolute Gasteiger partial charge is 0.276 e. The van der Waals surface area contributed by atoms with Crippen LogP contribution in [0.25, 0.3) is 93.5 Å². The minimum atomic E-state index is 0.728. The molecule has 0 atom stereocenters. The summed E-state index contributed by atoms with van der Waals surface area (Å²) >= 11 is 0. The van der Waals surface area contributed by atoms with E-state index in [4.69, 9.17) is 29.9 Å². The molecule has 9 nitrogen and oxygen atoms in total. The monoisotopic (exact) mass is 691 g/mol. The van der Waals surface area contributed by atoms with E-state index in [1.54, 1.807) is 24.8 Å². The minimum Gasteiger partial charge on any atom is -0.276 e. The quantitative estimate of drug-likeness (QED) is 0.183. The van der Waals surface area contributed by atoms with Crippen LogP contribution in [0, 0.1) is 0 Å². The van der Waals surface area contributed by atoms with Crippen LogP contribution < -0.4 is 5.48 Å². The predicted molar refractivity (Wildman–Crippen MR) is 213 cm³/mol. The summed E-state index contributed by atoms with van der Waals surface area (Å²) in [6, 6.07) is 37.7. The van der Waals surface area contributed by atoms with Gasteiger partial charge in [-0.3, -0.25) is 28.7 Å². The van der Waals surface area contributed by atoms with Crippen LogP contribution in [0.2, 0.25) is 0 Å². The van der Waals surface area contributed by atoms with Crippen LogP contribution in [-0.2, 0) is 0 Å². The van der Waals surface area contributed by atoms with Gasteiger partial charge in [0.05, 0.1) is 34.0 Å². The number of aromatic nitrogens is 9. The predicted octanol–water partition coefficient (Wildman–Crippen LogP) is 8.51. The van der Waals surface area contributed by atoms with Gasteiger partial charge in [0.1, 0.15) is 16.5 Å². The lowest BCUT2D eigenvalue weighted by Gasteiger charge is -2.15. The van der Waals surface area contributed by atoms with Crippen molar-refractivity contribution >= 4 is 82.3 Å². The molecule has 0 aliphatic carbocycles. The smallest absolute Gasteiger partial charge is 0.165 e. The Morgan fingerprint density at radius 1 is 0.426 bits per heavy atom. The number of benzene rings is 4. The standard InChI is InChI=1S/C45H25N9/c1-3-13-35-27(7-1)29(17-21-47-35)38(30-18-22-48-36-14-4-2-8-28(30)36)45-53-41-31(9-5-11-33(41)39-43(53)50-24-23-49-39)32-10-6-12-34-40-44(54(45)42(32)34)51-25-37(52-40)26-15-19-46-20-16-26/h1-25H. The van der Waals surface area contributed by atoms with Crippen molar-refractivity contribution in [3.63, 3.8) is 0 Å². The molecule has 0 amide bonds. The molecule has 0 radical (unpaired) electrons. The summed E-state index contributed by atoms with van der Waals surface area (Å²) in [7, 11) is 0. The summed E-state index contributed by atoms with van der Waals surface area (Å²) in [5, 5.41) is 6.20. The van der Waals surface area contributed by atoms with Crippen LogP contribution >= 0.6 is 0 Å². The first-order chi connectivity index (χ1) is 26.8. The number of fused-ring (bicyclic) bond motifs is 9. The van der Waals surface area contributed by atoms with Crippen molar-refractivity contribution in [2.75, 3.05) is 0 Å².